The van der Waals surface area contributed by atoms with E-state index >= 15 is 0 Å². The van der Waals surface area contributed by atoms with Gasteiger partial charge in [0.15, 0.2) is 11.3 Å². The number of aliphatic carboxylic acids is 1. The van der Waals surface area contributed by atoms with Gasteiger partial charge in [-0.3, -0.25) is 20.1 Å². The van der Waals surface area contributed by atoms with Crippen LogP contribution in [-0.2, 0) is 11.3 Å². The molecule has 1 saturated heterocycles. The topological polar surface area (TPSA) is 139 Å². The number of carbonyl (C=O) groups excluding carboxylic acids is 2. The number of carboxylic acid groups (broad SMARTS) is 1. The van der Waals surface area contributed by atoms with E-state index in [0.717, 1.165) is 36.5 Å². The van der Waals surface area contributed by atoms with Crippen LogP contribution in [0.2, 0.25) is 0 Å². The summed E-state index contributed by atoms with van der Waals surface area (Å²) in [5.41, 5.74) is 3.57. The summed E-state index contributed by atoms with van der Waals surface area (Å²) in [6.45, 7) is 2.25. The molecule has 2 heterocycles. The fourth-order valence-corrected chi connectivity index (χ4v) is 4.07. The highest BCUT2D eigenvalue weighted by Crippen LogP contribution is 2.20. The summed E-state index contributed by atoms with van der Waals surface area (Å²) < 4.78 is 0. The Morgan fingerprint density at radius 2 is 1.69 bits per heavy atom. The SMILES string of the molecule is CC(O)(CN(Cc1ccc(-c2ccccc2)cc1)NC(=O)c1cc(C(=O)N2CCCC2)[nH]n1)C(=O)O. The quantitative estimate of drug-likeness (QED) is 0.337. The van der Waals surface area contributed by atoms with Crippen molar-refractivity contribution in [1.82, 2.24) is 25.5 Å². The maximum absolute atomic E-state index is 12.9. The molecule has 188 valence electrons. The standard InChI is InChI=1S/C26H29N5O5/c1-26(36,25(34)35)17-31(16-18-9-11-20(12-10-18)19-7-3-2-4-8-19)29-23(32)21-15-22(28-27-21)24(33)30-13-5-6-14-30/h2-4,7-12,15,36H,5-6,13-14,16-17H2,1H3,(H,27,28)(H,29,32)(H,34,35). The number of H-pyrrole nitrogens is 1. The van der Waals surface area contributed by atoms with Crippen LogP contribution in [0.1, 0.15) is 46.3 Å². The minimum Gasteiger partial charge on any atom is -0.479 e. The Bertz CT molecular complexity index is 1220. The van der Waals surface area contributed by atoms with Crippen LogP contribution in [0.5, 0.6) is 0 Å². The third-order valence-corrected chi connectivity index (χ3v) is 6.09. The zero-order valence-electron chi connectivity index (χ0n) is 20.0. The second-order valence-electron chi connectivity index (χ2n) is 9.11. The molecule has 0 bridgehead atoms. The lowest BCUT2D eigenvalue weighted by Crippen LogP contribution is -2.52. The molecule has 2 aromatic carbocycles. The second-order valence-corrected chi connectivity index (χ2v) is 9.11. The van der Waals surface area contributed by atoms with Gasteiger partial charge in [0.25, 0.3) is 11.8 Å². The first kappa shape index (κ1) is 25.1. The highest BCUT2D eigenvalue weighted by atomic mass is 16.4. The van der Waals surface area contributed by atoms with Crippen LogP contribution >= 0.6 is 0 Å². The summed E-state index contributed by atoms with van der Waals surface area (Å²) in [4.78, 5) is 38.7. The van der Waals surface area contributed by atoms with Gasteiger partial charge in [0.05, 0.1) is 6.54 Å². The lowest BCUT2D eigenvalue weighted by Gasteiger charge is -2.29. The van der Waals surface area contributed by atoms with E-state index in [9.17, 15) is 24.6 Å². The normalized spacial score (nSPS) is 15.0. The molecule has 1 unspecified atom stereocenters. The molecular weight excluding hydrogens is 462 g/mol. The van der Waals surface area contributed by atoms with E-state index in [1.807, 2.05) is 54.6 Å². The lowest BCUT2D eigenvalue weighted by molar-refractivity contribution is -0.159. The van der Waals surface area contributed by atoms with Crippen molar-refractivity contribution >= 4 is 17.8 Å². The smallest absolute Gasteiger partial charge is 0.336 e. The molecule has 1 aromatic heterocycles. The van der Waals surface area contributed by atoms with E-state index in [0.29, 0.717) is 13.1 Å². The Kier molecular flexibility index (Phi) is 7.47. The Balaban J connectivity index is 1.48. The van der Waals surface area contributed by atoms with Crippen LogP contribution in [0.15, 0.2) is 60.7 Å². The molecule has 36 heavy (non-hydrogen) atoms. The first-order chi connectivity index (χ1) is 17.2. The van der Waals surface area contributed by atoms with Crippen molar-refractivity contribution in [3.05, 3.63) is 77.6 Å². The Hall–Kier alpha value is -4.02. The van der Waals surface area contributed by atoms with Crippen LogP contribution in [0.4, 0.5) is 0 Å². The summed E-state index contributed by atoms with van der Waals surface area (Å²) in [7, 11) is 0. The number of carboxylic acids is 1. The van der Waals surface area contributed by atoms with Crippen LogP contribution < -0.4 is 5.43 Å². The number of likely N-dealkylation sites (tertiary alicyclic amines) is 1. The van der Waals surface area contributed by atoms with Crippen molar-refractivity contribution in [2.45, 2.75) is 31.9 Å². The number of benzene rings is 2. The number of hydrazine groups is 1. The van der Waals surface area contributed by atoms with Gasteiger partial charge in [-0.15, -0.1) is 0 Å². The van der Waals surface area contributed by atoms with Crippen LogP contribution in [-0.4, -0.2) is 73.3 Å². The maximum Gasteiger partial charge on any atom is 0.336 e. The molecule has 10 nitrogen and oxygen atoms in total. The van der Waals surface area contributed by atoms with Gasteiger partial charge in [-0.05, 0) is 36.5 Å². The minimum absolute atomic E-state index is 0.0167. The van der Waals surface area contributed by atoms with Crippen molar-refractivity contribution in [1.29, 1.82) is 0 Å². The molecule has 0 spiro atoms. The Morgan fingerprint density at radius 1 is 1.06 bits per heavy atom. The monoisotopic (exact) mass is 491 g/mol. The van der Waals surface area contributed by atoms with Crippen molar-refractivity contribution in [3.63, 3.8) is 0 Å². The fraction of sp³-hybridized carbons (Fsp3) is 0.308. The van der Waals surface area contributed by atoms with Crippen LogP contribution in [0, 0.1) is 0 Å². The predicted octanol–water partition coefficient (Wildman–Crippen LogP) is 2.30. The predicted molar refractivity (Wildman–Crippen MR) is 132 cm³/mol. The van der Waals surface area contributed by atoms with Gasteiger partial charge in [0.2, 0.25) is 0 Å². The molecule has 3 aromatic rings. The first-order valence-corrected chi connectivity index (χ1v) is 11.7. The van der Waals surface area contributed by atoms with Crippen molar-refractivity contribution in [2.24, 2.45) is 0 Å². The van der Waals surface area contributed by atoms with Gasteiger partial charge < -0.3 is 15.1 Å². The molecule has 1 aliphatic rings. The molecule has 2 amide bonds. The largest absolute Gasteiger partial charge is 0.479 e. The van der Waals surface area contributed by atoms with E-state index in [-0.39, 0.29) is 30.4 Å². The van der Waals surface area contributed by atoms with Gasteiger partial charge in [0.1, 0.15) is 5.69 Å². The van der Waals surface area contributed by atoms with E-state index in [1.165, 1.54) is 11.1 Å². The molecule has 1 aliphatic heterocycles. The number of amides is 2. The summed E-state index contributed by atoms with van der Waals surface area (Å²) in [5.74, 6) is -2.27. The second kappa shape index (κ2) is 10.7. The average Bonchev–Trinajstić information content (AvgIpc) is 3.57. The van der Waals surface area contributed by atoms with Gasteiger partial charge in [-0.2, -0.15) is 5.10 Å². The van der Waals surface area contributed by atoms with Gasteiger partial charge in [0, 0.05) is 25.7 Å². The van der Waals surface area contributed by atoms with Crippen LogP contribution in [0.25, 0.3) is 11.1 Å². The van der Waals surface area contributed by atoms with E-state index < -0.39 is 17.5 Å². The summed E-state index contributed by atoms with van der Waals surface area (Å²) >= 11 is 0. The number of carbonyl (C=O) groups is 3. The molecule has 0 saturated carbocycles. The van der Waals surface area contributed by atoms with E-state index in [4.69, 9.17) is 0 Å². The lowest BCUT2D eigenvalue weighted by atomic mass is 10.0. The summed E-state index contributed by atoms with van der Waals surface area (Å²) in [5, 5.41) is 27.6. The van der Waals surface area contributed by atoms with Crippen molar-refractivity contribution in [3.8, 4) is 11.1 Å². The zero-order valence-corrected chi connectivity index (χ0v) is 20.0. The molecular formula is C26H29N5O5. The number of nitrogens with zero attached hydrogens (tertiary/aromatic N) is 3. The molecule has 4 N–H and O–H groups in total. The number of rotatable bonds is 9. The minimum atomic E-state index is -2.11. The zero-order chi connectivity index (χ0) is 25.7. The number of nitrogens with one attached hydrogen (secondary N) is 2. The highest BCUT2D eigenvalue weighted by molar-refractivity contribution is 5.97. The number of aromatic nitrogens is 2. The molecule has 0 radical (unpaired) electrons. The van der Waals surface area contributed by atoms with Gasteiger partial charge in [-0.25, -0.2) is 9.80 Å². The van der Waals surface area contributed by atoms with Gasteiger partial charge in [-0.1, -0.05) is 54.6 Å². The number of aromatic amines is 1. The van der Waals surface area contributed by atoms with Crippen molar-refractivity contribution in [2.75, 3.05) is 19.6 Å². The van der Waals surface area contributed by atoms with Crippen molar-refractivity contribution < 1.29 is 24.6 Å². The number of aliphatic hydroxyl groups is 1. The molecule has 0 aliphatic carbocycles. The fourth-order valence-electron chi connectivity index (χ4n) is 4.07. The first-order valence-electron chi connectivity index (χ1n) is 11.7. The van der Waals surface area contributed by atoms with E-state index in [2.05, 4.69) is 15.6 Å². The Labute approximate surface area is 208 Å². The third-order valence-electron chi connectivity index (χ3n) is 6.09. The molecule has 1 fully saturated rings. The third kappa shape index (κ3) is 5.96. The number of hydrogen-bond donors (Lipinski definition) is 4. The Morgan fingerprint density at radius 3 is 2.33 bits per heavy atom. The van der Waals surface area contributed by atoms with Crippen LogP contribution in [0.3, 0.4) is 0 Å². The van der Waals surface area contributed by atoms with Gasteiger partial charge >= 0.3 is 5.97 Å². The highest BCUT2D eigenvalue weighted by Gasteiger charge is 2.33. The summed E-state index contributed by atoms with van der Waals surface area (Å²) in [6, 6.07) is 18.8. The molecule has 1 atom stereocenters. The molecule has 10 heteroatoms. The molecule has 4 rings (SSSR count). The maximum atomic E-state index is 12.9. The average molecular weight is 492 g/mol. The van der Waals surface area contributed by atoms with E-state index in [1.54, 1.807) is 4.90 Å². The summed E-state index contributed by atoms with van der Waals surface area (Å²) in [6.07, 6.45) is 1.88. The number of hydrogen-bond acceptors (Lipinski definition) is 6.